The predicted octanol–water partition coefficient (Wildman–Crippen LogP) is 3.31. The summed E-state index contributed by atoms with van der Waals surface area (Å²) in [5.74, 6) is -0.183. The fourth-order valence-corrected chi connectivity index (χ4v) is 2.66. The molecule has 1 amide bonds. The van der Waals surface area contributed by atoms with Crippen LogP contribution in [0, 0.1) is 0 Å². The molecule has 3 nitrogen and oxygen atoms in total. The predicted molar refractivity (Wildman–Crippen MR) is 80.1 cm³/mol. The number of nitrogen functional groups attached to an aromatic ring is 1. The zero-order valence-corrected chi connectivity index (χ0v) is 11.9. The number of nitrogens with one attached hydrogen (secondary N) is 1. The highest BCUT2D eigenvalue weighted by molar-refractivity contribution is 7.10. The van der Waals surface area contributed by atoms with Gasteiger partial charge in [-0.2, -0.15) is 0 Å². The Morgan fingerprint density at radius 3 is 2.68 bits per heavy atom. The fourth-order valence-electron chi connectivity index (χ4n) is 1.93. The molecule has 1 aromatic heterocycles. The summed E-state index contributed by atoms with van der Waals surface area (Å²) < 4.78 is 0. The fraction of sp³-hybridized carbons (Fsp3) is 0.267. The molecule has 2 aromatic rings. The molecular weight excluding hydrogens is 256 g/mol. The quantitative estimate of drug-likeness (QED) is 0.840. The molecule has 0 aliphatic rings. The second-order valence-electron chi connectivity index (χ2n) is 4.64. The zero-order valence-electron chi connectivity index (χ0n) is 11.1. The van der Waals surface area contributed by atoms with Gasteiger partial charge in [-0.05, 0) is 43.0 Å². The van der Waals surface area contributed by atoms with Crippen molar-refractivity contribution in [2.24, 2.45) is 0 Å². The molecule has 0 aliphatic carbocycles. The van der Waals surface area contributed by atoms with Crippen molar-refractivity contribution < 1.29 is 4.79 Å². The van der Waals surface area contributed by atoms with Crippen LogP contribution in [-0.4, -0.2) is 5.91 Å². The SMILES string of the molecule is CC(NC(=O)C(C)c1cccc(N)c1)c1cccs1. The Morgan fingerprint density at radius 1 is 1.26 bits per heavy atom. The minimum Gasteiger partial charge on any atom is -0.399 e. The Labute approximate surface area is 117 Å². The van der Waals surface area contributed by atoms with E-state index in [0.717, 1.165) is 10.4 Å². The lowest BCUT2D eigenvalue weighted by Gasteiger charge is -2.17. The summed E-state index contributed by atoms with van der Waals surface area (Å²) in [5.41, 5.74) is 7.37. The maximum atomic E-state index is 12.2. The van der Waals surface area contributed by atoms with Gasteiger partial charge < -0.3 is 11.1 Å². The first-order valence-electron chi connectivity index (χ1n) is 6.27. The van der Waals surface area contributed by atoms with E-state index in [-0.39, 0.29) is 17.9 Å². The van der Waals surface area contributed by atoms with Crippen molar-refractivity contribution in [2.75, 3.05) is 5.73 Å². The van der Waals surface area contributed by atoms with Crippen molar-refractivity contribution >= 4 is 22.9 Å². The summed E-state index contributed by atoms with van der Waals surface area (Å²) in [4.78, 5) is 13.4. The number of carbonyl (C=O) groups excluding carboxylic acids is 1. The molecule has 0 saturated heterocycles. The van der Waals surface area contributed by atoms with Gasteiger partial charge in [0.1, 0.15) is 0 Å². The highest BCUT2D eigenvalue weighted by atomic mass is 32.1. The van der Waals surface area contributed by atoms with Gasteiger partial charge >= 0.3 is 0 Å². The third-order valence-electron chi connectivity index (χ3n) is 3.13. The number of carbonyl (C=O) groups is 1. The standard InChI is InChI=1S/C15H18N2OS/c1-10(12-5-3-6-13(16)9-12)15(18)17-11(2)14-7-4-8-19-14/h3-11H,16H2,1-2H3,(H,17,18). The summed E-state index contributed by atoms with van der Waals surface area (Å²) in [6.07, 6.45) is 0. The van der Waals surface area contributed by atoms with Crippen LogP contribution < -0.4 is 11.1 Å². The average molecular weight is 274 g/mol. The van der Waals surface area contributed by atoms with E-state index in [2.05, 4.69) is 5.32 Å². The largest absolute Gasteiger partial charge is 0.399 e. The Morgan fingerprint density at radius 2 is 2.05 bits per heavy atom. The topological polar surface area (TPSA) is 55.1 Å². The van der Waals surface area contributed by atoms with E-state index in [1.165, 1.54) is 0 Å². The highest BCUT2D eigenvalue weighted by Crippen LogP contribution is 2.22. The molecule has 2 unspecified atom stereocenters. The van der Waals surface area contributed by atoms with Crippen LogP contribution in [-0.2, 0) is 4.79 Å². The molecule has 0 spiro atoms. The van der Waals surface area contributed by atoms with Gasteiger partial charge in [-0.15, -0.1) is 11.3 Å². The molecule has 1 aromatic carbocycles. The molecule has 0 fully saturated rings. The number of nitrogens with two attached hydrogens (primary N) is 1. The van der Waals surface area contributed by atoms with Crippen molar-refractivity contribution in [1.29, 1.82) is 0 Å². The lowest BCUT2D eigenvalue weighted by Crippen LogP contribution is -2.30. The molecular formula is C15H18N2OS. The second kappa shape index (κ2) is 5.89. The molecule has 0 radical (unpaired) electrons. The van der Waals surface area contributed by atoms with E-state index in [0.29, 0.717) is 5.69 Å². The van der Waals surface area contributed by atoms with Crippen LogP contribution in [0.4, 0.5) is 5.69 Å². The van der Waals surface area contributed by atoms with Crippen LogP contribution in [0.25, 0.3) is 0 Å². The summed E-state index contributed by atoms with van der Waals surface area (Å²) >= 11 is 1.65. The number of benzene rings is 1. The number of anilines is 1. The van der Waals surface area contributed by atoms with Gasteiger partial charge in [0, 0.05) is 10.6 Å². The molecule has 2 atom stereocenters. The first-order chi connectivity index (χ1) is 9.08. The summed E-state index contributed by atoms with van der Waals surface area (Å²) in [6.45, 7) is 3.89. The lowest BCUT2D eigenvalue weighted by atomic mass is 9.99. The molecule has 0 bridgehead atoms. The van der Waals surface area contributed by atoms with Gasteiger partial charge in [0.2, 0.25) is 5.91 Å². The third-order valence-corrected chi connectivity index (χ3v) is 4.19. The van der Waals surface area contributed by atoms with Crippen molar-refractivity contribution in [1.82, 2.24) is 5.32 Å². The molecule has 0 aliphatic heterocycles. The molecule has 19 heavy (non-hydrogen) atoms. The summed E-state index contributed by atoms with van der Waals surface area (Å²) in [5, 5.41) is 5.04. The van der Waals surface area contributed by atoms with E-state index in [1.807, 2.05) is 55.6 Å². The second-order valence-corrected chi connectivity index (χ2v) is 5.62. The van der Waals surface area contributed by atoms with E-state index in [9.17, 15) is 4.79 Å². The van der Waals surface area contributed by atoms with Gasteiger partial charge in [0.25, 0.3) is 0 Å². The number of thiophene rings is 1. The van der Waals surface area contributed by atoms with Crippen molar-refractivity contribution in [3.05, 3.63) is 52.2 Å². The third kappa shape index (κ3) is 3.35. The minimum atomic E-state index is -0.203. The molecule has 4 heteroatoms. The molecule has 3 N–H and O–H groups in total. The Bertz CT molecular complexity index is 551. The normalized spacial score (nSPS) is 13.8. The van der Waals surface area contributed by atoms with Crippen molar-refractivity contribution in [3.8, 4) is 0 Å². The number of hydrogen-bond donors (Lipinski definition) is 2. The maximum absolute atomic E-state index is 12.2. The molecule has 100 valence electrons. The van der Waals surface area contributed by atoms with Gasteiger partial charge in [-0.3, -0.25) is 4.79 Å². The van der Waals surface area contributed by atoms with Gasteiger partial charge in [-0.1, -0.05) is 18.2 Å². The summed E-state index contributed by atoms with van der Waals surface area (Å²) in [7, 11) is 0. The van der Waals surface area contributed by atoms with Crippen molar-refractivity contribution in [3.63, 3.8) is 0 Å². The number of amides is 1. The molecule has 0 saturated carbocycles. The highest BCUT2D eigenvalue weighted by Gasteiger charge is 2.18. The number of hydrogen-bond acceptors (Lipinski definition) is 3. The Hall–Kier alpha value is -1.81. The zero-order chi connectivity index (χ0) is 13.8. The van der Waals surface area contributed by atoms with Crippen LogP contribution in [0.15, 0.2) is 41.8 Å². The average Bonchev–Trinajstić information content (AvgIpc) is 2.91. The molecule has 2 rings (SSSR count). The first-order valence-corrected chi connectivity index (χ1v) is 7.15. The van der Waals surface area contributed by atoms with E-state index >= 15 is 0 Å². The Balaban J connectivity index is 2.04. The maximum Gasteiger partial charge on any atom is 0.227 e. The van der Waals surface area contributed by atoms with Crippen LogP contribution in [0.1, 0.15) is 36.2 Å². The van der Waals surface area contributed by atoms with Crippen molar-refractivity contribution in [2.45, 2.75) is 25.8 Å². The smallest absolute Gasteiger partial charge is 0.227 e. The van der Waals surface area contributed by atoms with Gasteiger partial charge in [-0.25, -0.2) is 0 Å². The first kappa shape index (κ1) is 13.6. The monoisotopic (exact) mass is 274 g/mol. The van der Waals surface area contributed by atoms with E-state index < -0.39 is 0 Å². The number of rotatable bonds is 4. The van der Waals surface area contributed by atoms with Gasteiger partial charge in [0.15, 0.2) is 0 Å². The van der Waals surface area contributed by atoms with Crippen LogP contribution in [0.3, 0.4) is 0 Å². The van der Waals surface area contributed by atoms with E-state index in [4.69, 9.17) is 5.73 Å². The van der Waals surface area contributed by atoms with Crippen LogP contribution >= 0.6 is 11.3 Å². The van der Waals surface area contributed by atoms with Gasteiger partial charge in [0.05, 0.1) is 12.0 Å². The van der Waals surface area contributed by atoms with Crippen LogP contribution in [0.5, 0.6) is 0 Å². The summed E-state index contributed by atoms with van der Waals surface area (Å²) in [6, 6.07) is 11.5. The van der Waals surface area contributed by atoms with Crippen LogP contribution in [0.2, 0.25) is 0 Å². The lowest BCUT2D eigenvalue weighted by molar-refractivity contribution is -0.122. The van der Waals surface area contributed by atoms with E-state index in [1.54, 1.807) is 11.3 Å². The minimum absolute atomic E-state index is 0.0199. The molecule has 1 heterocycles. The Kier molecular flexibility index (Phi) is 4.22.